The molecule has 20 heavy (non-hydrogen) atoms. The summed E-state index contributed by atoms with van der Waals surface area (Å²) < 4.78 is 5.85. The van der Waals surface area contributed by atoms with Crippen LogP contribution in [0, 0.1) is 0 Å². The van der Waals surface area contributed by atoms with Crippen molar-refractivity contribution in [3.8, 4) is 5.88 Å². The van der Waals surface area contributed by atoms with Crippen molar-refractivity contribution in [2.24, 2.45) is 0 Å². The van der Waals surface area contributed by atoms with Gasteiger partial charge in [-0.05, 0) is 25.3 Å². The Hall–Kier alpha value is -1.09. The minimum Gasteiger partial charge on any atom is -0.477 e. The fourth-order valence-corrected chi connectivity index (χ4v) is 2.28. The zero-order valence-electron chi connectivity index (χ0n) is 12.7. The van der Waals surface area contributed by atoms with Gasteiger partial charge >= 0.3 is 0 Å². The highest BCUT2D eigenvalue weighted by Crippen LogP contribution is 2.21. The summed E-state index contributed by atoms with van der Waals surface area (Å²) in [5.74, 6) is 0.814. The minimum atomic E-state index is 0.724. The predicted molar refractivity (Wildman–Crippen MR) is 83.0 cm³/mol. The lowest BCUT2D eigenvalue weighted by Crippen LogP contribution is -2.16. The van der Waals surface area contributed by atoms with Gasteiger partial charge in [0.25, 0.3) is 0 Å². The molecule has 1 N–H and O–H groups in total. The second-order valence-corrected chi connectivity index (χ2v) is 5.74. The van der Waals surface area contributed by atoms with Crippen LogP contribution in [0.2, 0.25) is 0 Å². The summed E-state index contributed by atoms with van der Waals surface area (Å²) in [6.45, 7) is 3.92. The Morgan fingerprint density at radius 2 is 2.00 bits per heavy atom. The lowest BCUT2D eigenvalue weighted by atomic mass is 10.1. The molecule has 1 saturated carbocycles. The molecule has 0 aromatic carbocycles. The third-order valence-electron chi connectivity index (χ3n) is 3.75. The third-order valence-corrected chi connectivity index (χ3v) is 3.75. The molecule has 3 heteroatoms. The highest BCUT2D eigenvalue weighted by molar-refractivity contribution is 5.25. The topological polar surface area (TPSA) is 34.1 Å². The van der Waals surface area contributed by atoms with Gasteiger partial charge in [0.2, 0.25) is 5.88 Å². The molecule has 0 bridgehead atoms. The van der Waals surface area contributed by atoms with E-state index >= 15 is 0 Å². The fraction of sp³-hybridized carbons (Fsp3) is 0.706. The van der Waals surface area contributed by atoms with Crippen molar-refractivity contribution in [2.75, 3.05) is 6.61 Å². The Balaban J connectivity index is 1.63. The van der Waals surface area contributed by atoms with E-state index in [0.29, 0.717) is 0 Å². The van der Waals surface area contributed by atoms with Gasteiger partial charge in [-0.25, -0.2) is 4.98 Å². The molecule has 0 spiro atoms. The van der Waals surface area contributed by atoms with Crippen molar-refractivity contribution >= 4 is 0 Å². The molecular weight excluding hydrogens is 248 g/mol. The summed E-state index contributed by atoms with van der Waals surface area (Å²) >= 11 is 0. The normalized spacial score (nSPS) is 14.4. The molecule has 0 saturated heterocycles. The SMILES string of the molecule is CCCCCCCCOc1ncccc1CNC1CC1. The first-order chi connectivity index (χ1) is 9.90. The van der Waals surface area contributed by atoms with Crippen LogP contribution in [-0.2, 0) is 6.54 Å². The molecule has 0 amide bonds. The monoisotopic (exact) mass is 276 g/mol. The second kappa shape index (κ2) is 8.96. The molecule has 1 aromatic rings. The zero-order valence-corrected chi connectivity index (χ0v) is 12.7. The summed E-state index contributed by atoms with van der Waals surface area (Å²) in [7, 11) is 0. The molecule has 0 unspecified atom stereocenters. The highest BCUT2D eigenvalue weighted by atomic mass is 16.5. The predicted octanol–water partition coefficient (Wildman–Crippen LogP) is 4.07. The van der Waals surface area contributed by atoms with Gasteiger partial charge in [0.15, 0.2) is 0 Å². The first-order valence-electron chi connectivity index (χ1n) is 8.20. The van der Waals surface area contributed by atoms with Gasteiger partial charge in [-0.15, -0.1) is 0 Å². The Labute approximate surface area is 123 Å². The maximum absolute atomic E-state index is 5.85. The number of rotatable bonds is 11. The maximum atomic E-state index is 5.85. The number of nitrogens with zero attached hydrogens (tertiary/aromatic N) is 1. The Kier molecular flexibility index (Phi) is 6.85. The lowest BCUT2D eigenvalue weighted by molar-refractivity contribution is 0.289. The van der Waals surface area contributed by atoms with Crippen molar-refractivity contribution in [1.82, 2.24) is 10.3 Å². The maximum Gasteiger partial charge on any atom is 0.217 e. The van der Waals surface area contributed by atoms with E-state index in [1.807, 2.05) is 12.3 Å². The van der Waals surface area contributed by atoms with Gasteiger partial charge in [-0.3, -0.25) is 0 Å². The summed E-state index contributed by atoms with van der Waals surface area (Å²) in [5.41, 5.74) is 1.19. The number of hydrogen-bond acceptors (Lipinski definition) is 3. The largest absolute Gasteiger partial charge is 0.477 e. The third kappa shape index (κ3) is 5.91. The molecule has 1 heterocycles. The average Bonchev–Trinajstić information content (AvgIpc) is 3.29. The van der Waals surface area contributed by atoms with Gasteiger partial charge in [0, 0.05) is 24.3 Å². The van der Waals surface area contributed by atoms with Crippen molar-refractivity contribution in [2.45, 2.75) is 70.9 Å². The molecule has 3 nitrogen and oxygen atoms in total. The average molecular weight is 276 g/mol. The van der Waals surface area contributed by atoms with Crippen LogP contribution in [0.5, 0.6) is 5.88 Å². The molecule has 2 rings (SSSR count). The first-order valence-corrected chi connectivity index (χ1v) is 8.20. The van der Waals surface area contributed by atoms with Crippen LogP contribution >= 0.6 is 0 Å². The first kappa shape index (κ1) is 15.3. The van der Waals surface area contributed by atoms with E-state index < -0.39 is 0 Å². The second-order valence-electron chi connectivity index (χ2n) is 5.74. The van der Waals surface area contributed by atoms with Crippen LogP contribution in [0.4, 0.5) is 0 Å². The van der Waals surface area contributed by atoms with Crippen LogP contribution in [-0.4, -0.2) is 17.6 Å². The van der Waals surface area contributed by atoms with Crippen LogP contribution in [0.3, 0.4) is 0 Å². The standard InChI is InChI=1S/C17H28N2O/c1-2-3-4-5-6-7-13-20-17-15(9-8-12-18-17)14-19-16-10-11-16/h8-9,12,16,19H,2-7,10-11,13-14H2,1H3. The van der Waals surface area contributed by atoms with Crippen LogP contribution in [0.15, 0.2) is 18.3 Å². The quantitative estimate of drug-likeness (QED) is 0.619. The number of pyridine rings is 1. The van der Waals surface area contributed by atoms with E-state index in [-0.39, 0.29) is 0 Å². The summed E-state index contributed by atoms with van der Waals surface area (Å²) in [5, 5.41) is 3.52. The Bertz CT molecular complexity index is 377. The number of unbranched alkanes of at least 4 members (excludes halogenated alkanes) is 5. The van der Waals surface area contributed by atoms with E-state index in [9.17, 15) is 0 Å². The summed E-state index contributed by atoms with van der Waals surface area (Å²) in [4.78, 5) is 4.36. The van der Waals surface area contributed by atoms with E-state index in [1.165, 1.54) is 50.5 Å². The van der Waals surface area contributed by atoms with Crippen molar-refractivity contribution in [1.29, 1.82) is 0 Å². The molecule has 1 fully saturated rings. The molecule has 0 atom stereocenters. The lowest BCUT2D eigenvalue weighted by Gasteiger charge is -2.10. The minimum absolute atomic E-state index is 0.724. The number of nitrogens with one attached hydrogen (secondary N) is 1. The Morgan fingerprint density at radius 3 is 2.80 bits per heavy atom. The Morgan fingerprint density at radius 1 is 1.20 bits per heavy atom. The molecule has 1 aliphatic carbocycles. The van der Waals surface area contributed by atoms with Gasteiger partial charge in [0.1, 0.15) is 0 Å². The van der Waals surface area contributed by atoms with Gasteiger partial charge in [0.05, 0.1) is 6.61 Å². The summed E-state index contributed by atoms with van der Waals surface area (Å²) in [6.07, 6.45) is 12.2. The van der Waals surface area contributed by atoms with E-state index in [1.54, 1.807) is 0 Å². The highest BCUT2D eigenvalue weighted by Gasteiger charge is 2.20. The molecule has 112 valence electrons. The van der Waals surface area contributed by atoms with Crippen molar-refractivity contribution in [3.63, 3.8) is 0 Å². The van der Waals surface area contributed by atoms with Crippen LogP contribution < -0.4 is 10.1 Å². The summed E-state index contributed by atoms with van der Waals surface area (Å²) in [6, 6.07) is 4.82. The number of aromatic nitrogens is 1. The van der Waals surface area contributed by atoms with Crippen molar-refractivity contribution < 1.29 is 4.74 Å². The van der Waals surface area contributed by atoms with E-state index in [2.05, 4.69) is 23.3 Å². The van der Waals surface area contributed by atoms with Gasteiger partial charge in [-0.2, -0.15) is 0 Å². The van der Waals surface area contributed by atoms with Crippen LogP contribution in [0.1, 0.15) is 63.9 Å². The van der Waals surface area contributed by atoms with Gasteiger partial charge in [-0.1, -0.05) is 45.1 Å². The fourth-order valence-electron chi connectivity index (χ4n) is 2.28. The van der Waals surface area contributed by atoms with E-state index in [4.69, 9.17) is 4.74 Å². The smallest absolute Gasteiger partial charge is 0.217 e. The zero-order chi connectivity index (χ0) is 14.0. The molecule has 1 aromatic heterocycles. The number of ether oxygens (including phenoxy) is 1. The number of hydrogen-bond donors (Lipinski definition) is 1. The van der Waals surface area contributed by atoms with Gasteiger partial charge < -0.3 is 10.1 Å². The molecular formula is C17H28N2O. The molecule has 0 aliphatic heterocycles. The van der Waals surface area contributed by atoms with Crippen molar-refractivity contribution in [3.05, 3.63) is 23.9 Å². The van der Waals surface area contributed by atoms with Crippen LogP contribution in [0.25, 0.3) is 0 Å². The molecule has 0 radical (unpaired) electrons. The molecule has 1 aliphatic rings. The van der Waals surface area contributed by atoms with E-state index in [0.717, 1.165) is 31.5 Å².